The standard InChI is InChI=1S/C22H19ClN2O2/c23-19-13-7-8-14-20(19)24-21(26)15-22(27)25(18-11-5-2-6-12-18)16-17-9-3-1-4-10-17/h1-14H,15-16H2,(H,24,26). The second-order valence-electron chi connectivity index (χ2n) is 6.01. The van der Waals surface area contributed by atoms with Crippen molar-refractivity contribution in [3.8, 4) is 0 Å². The summed E-state index contributed by atoms with van der Waals surface area (Å²) in [5.41, 5.74) is 2.23. The Hall–Kier alpha value is -3.11. The van der Waals surface area contributed by atoms with Crippen LogP contribution in [0.5, 0.6) is 0 Å². The predicted octanol–water partition coefficient (Wildman–Crippen LogP) is 4.90. The van der Waals surface area contributed by atoms with Crippen LogP contribution in [0.1, 0.15) is 12.0 Å². The molecule has 0 aliphatic heterocycles. The van der Waals surface area contributed by atoms with Gasteiger partial charge in [-0.05, 0) is 29.8 Å². The number of hydrogen-bond donors (Lipinski definition) is 1. The molecule has 0 aromatic heterocycles. The summed E-state index contributed by atoms with van der Waals surface area (Å²) < 4.78 is 0. The Balaban J connectivity index is 1.74. The number of halogens is 1. The Labute approximate surface area is 163 Å². The van der Waals surface area contributed by atoms with Crippen molar-refractivity contribution in [3.63, 3.8) is 0 Å². The quantitative estimate of drug-likeness (QED) is 0.620. The van der Waals surface area contributed by atoms with Crippen LogP contribution in [0.3, 0.4) is 0 Å². The summed E-state index contributed by atoms with van der Waals surface area (Å²) in [7, 11) is 0. The number of carbonyl (C=O) groups is 2. The van der Waals surface area contributed by atoms with Gasteiger partial charge < -0.3 is 10.2 Å². The average molecular weight is 379 g/mol. The van der Waals surface area contributed by atoms with Crippen molar-refractivity contribution < 1.29 is 9.59 Å². The number of benzene rings is 3. The Morgan fingerprint density at radius 1 is 0.815 bits per heavy atom. The summed E-state index contributed by atoms with van der Waals surface area (Å²) in [6.45, 7) is 0.392. The summed E-state index contributed by atoms with van der Waals surface area (Å²) >= 11 is 6.06. The van der Waals surface area contributed by atoms with Gasteiger partial charge in [0.25, 0.3) is 0 Å². The molecule has 0 aliphatic carbocycles. The molecule has 5 heteroatoms. The predicted molar refractivity (Wildman–Crippen MR) is 109 cm³/mol. The lowest BCUT2D eigenvalue weighted by atomic mass is 10.1. The minimum atomic E-state index is -0.401. The van der Waals surface area contributed by atoms with Gasteiger partial charge in [0, 0.05) is 5.69 Å². The molecule has 0 bridgehead atoms. The molecule has 0 fully saturated rings. The van der Waals surface area contributed by atoms with Crippen LogP contribution < -0.4 is 10.2 Å². The van der Waals surface area contributed by atoms with Crippen molar-refractivity contribution in [2.45, 2.75) is 13.0 Å². The van der Waals surface area contributed by atoms with Crippen LogP contribution >= 0.6 is 11.6 Å². The van der Waals surface area contributed by atoms with E-state index in [1.807, 2.05) is 60.7 Å². The van der Waals surface area contributed by atoms with Crippen molar-refractivity contribution >= 4 is 34.8 Å². The maximum Gasteiger partial charge on any atom is 0.236 e. The molecule has 1 N–H and O–H groups in total. The lowest BCUT2D eigenvalue weighted by Gasteiger charge is -2.23. The fourth-order valence-corrected chi connectivity index (χ4v) is 2.87. The molecule has 0 unspecified atom stereocenters. The summed E-state index contributed by atoms with van der Waals surface area (Å²) in [5.74, 6) is -0.684. The molecule has 0 radical (unpaired) electrons. The number of para-hydroxylation sites is 2. The fraction of sp³-hybridized carbons (Fsp3) is 0.0909. The topological polar surface area (TPSA) is 49.4 Å². The number of carbonyl (C=O) groups excluding carboxylic acids is 2. The SMILES string of the molecule is O=C(CC(=O)N(Cc1ccccc1)c1ccccc1)Nc1ccccc1Cl. The molecule has 0 spiro atoms. The molecule has 4 nitrogen and oxygen atoms in total. The van der Waals surface area contributed by atoms with E-state index in [1.54, 1.807) is 29.2 Å². The van der Waals surface area contributed by atoms with Crippen LogP contribution in [0.4, 0.5) is 11.4 Å². The minimum Gasteiger partial charge on any atom is -0.324 e. The second kappa shape index (κ2) is 9.01. The molecule has 2 amide bonds. The molecule has 3 rings (SSSR count). The second-order valence-corrected chi connectivity index (χ2v) is 6.41. The molecule has 3 aromatic carbocycles. The summed E-state index contributed by atoms with van der Waals surface area (Å²) in [6, 6.07) is 25.9. The fourth-order valence-electron chi connectivity index (χ4n) is 2.69. The van der Waals surface area contributed by atoms with E-state index in [1.165, 1.54) is 0 Å². The van der Waals surface area contributed by atoms with Crippen LogP contribution in [-0.2, 0) is 16.1 Å². The maximum absolute atomic E-state index is 12.9. The third-order valence-electron chi connectivity index (χ3n) is 4.01. The third-order valence-corrected chi connectivity index (χ3v) is 4.34. The highest BCUT2D eigenvalue weighted by atomic mass is 35.5. The molecule has 3 aromatic rings. The van der Waals surface area contributed by atoms with Crippen molar-refractivity contribution in [1.29, 1.82) is 0 Å². The number of nitrogens with zero attached hydrogens (tertiary/aromatic N) is 1. The molecule has 0 atom stereocenters. The van der Waals surface area contributed by atoms with Gasteiger partial charge in [0.2, 0.25) is 11.8 Å². The molecule has 0 heterocycles. The normalized spacial score (nSPS) is 10.3. The van der Waals surface area contributed by atoms with Crippen LogP contribution in [0, 0.1) is 0 Å². The first-order chi connectivity index (χ1) is 13.1. The molecule has 0 saturated heterocycles. The van der Waals surface area contributed by atoms with Gasteiger partial charge >= 0.3 is 0 Å². The van der Waals surface area contributed by atoms with Gasteiger partial charge in [0.1, 0.15) is 6.42 Å². The van der Waals surface area contributed by atoms with Gasteiger partial charge in [-0.25, -0.2) is 0 Å². The van der Waals surface area contributed by atoms with Crippen LogP contribution in [0.15, 0.2) is 84.9 Å². The number of rotatable bonds is 6. The van der Waals surface area contributed by atoms with E-state index >= 15 is 0 Å². The van der Waals surface area contributed by atoms with E-state index in [4.69, 9.17) is 11.6 Å². The molecule has 27 heavy (non-hydrogen) atoms. The first-order valence-corrected chi connectivity index (χ1v) is 8.95. The number of nitrogens with one attached hydrogen (secondary N) is 1. The lowest BCUT2D eigenvalue weighted by molar-refractivity contribution is -0.125. The lowest BCUT2D eigenvalue weighted by Crippen LogP contribution is -2.33. The molecular weight excluding hydrogens is 360 g/mol. The van der Waals surface area contributed by atoms with E-state index < -0.39 is 5.91 Å². The molecule has 0 aliphatic rings. The van der Waals surface area contributed by atoms with E-state index in [0.29, 0.717) is 17.3 Å². The monoisotopic (exact) mass is 378 g/mol. The molecular formula is C22H19ClN2O2. The number of amides is 2. The summed E-state index contributed by atoms with van der Waals surface area (Å²) in [6.07, 6.45) is -0.271. The first kappa shape index (κ1) is 18.7. The van der Waals surface area contributed by atoms with E-state index in [9.17, 15) is 9.59 Å². The molecule has 136 valence electrons. The first-order valence-electron chi connectivity index (χ1n) is 8.57. The third kappa shape index (κ3) is 5.19. The van der Waals surface area contributed by atoms with Gasteiger partial charge in [-0.1, -0.05) is 72.3 Å². The largest absolute Gasteiger partial charge is 0.324 e. The van der Waals surface area contributed by atoms with E-state index in [-0.39, 0.29) is 12.3 Å². The summed E-state index contributed by atoms with van der Waals surface area (Å²) in [5, 5.41) is 3.13. The summed E-state index contributed by atoms with van der Waals surface area (Å²) in [4.78, 5) is 26.8. The van der Waals surface area contributed by atoms with Gasteiger partial charge in [0.15, 0.2) is 0 Å². The zero-order chi connectivity index (χ0) is 19.1. The van der Waals surface area contributed by atoms with Crippen molar-refractivity contribution in [2.24, 2.45) is 0 Å². The van der Waals surface area contributed by atoms with Gasteiger partial charge in [-0.2, -0.15) is 0 Å². The van der Waals surface area contributed by atoms with Crippen molar-refractivity contribution in [2.75, 3.05) is 10.2 Å². The zero-order valence-corrected chi connectivity index (χ0v) is 15.4. The number of anilines is 2. The highest BCUT2D eigenvalue weighted by molar-refractivity contribution is 6.33. The Morgan fingerprint density at radius 3 is 2.07 bits per heavy atom. The highest BCUT2D eigenvalue weighted by Gasteiger charge is 2.20. The van der Waals surface area contributed by atoms with Crippen LogP contribution in [-0.4, -0.2) is 11.8 Å². The van der Waals surface area contributed by atoms with Crippen molar-refractivity contribution in [1.82, 2.24) is 0 Å². The van der Waals surface area contributed by atoms with E-state index in [0.717, 1.165) is 11.3 Å². The Bertz CT molecular complexity index is 914. The number of hydrogen-bond acceptors (Lipinski definition) is 2. The minimum absolute atomic E-state index is 0.271. The van der Waals surface area contributed by atoms with Gasteiger partial charge in [-0.3, -0.25) is 9.59 Å². The molecule has 0 saturated carbocycles. The van der Waals surface area contributed by atoms with E-state index in [2.05, 4.69) is 5.32 Å². The Morgan fingerprint density at radius 2 is 1.41 bits per heavy atom. The van der Waals surface area contributed by atoms with Gasteiger partial charge in [-0.15, -0.1) is 0 Å². The zero-order valence-electron chi connectivity index (χ0n) is 14.6. The highest BCUT2D eigenvalue weighted by Crippen LogP contribution is 2.22. The average Bonchev–Trinajstić information content (AvgIpc) is 2.69. The smallest absolute Gasteiger partial charge is 0.236 e. The van der Waals surface area contributed by atoms with Gasteiger partial charge in [0.05, 0.1) is 17.3 Å². The maximum atomic E-state index is 12.9. The van der Waals surface area contributed by atoms with Crippen LogP contribution in [0.25, 0.3) is 0 Å². The Kier molecular flexibility index (Phi) is 6.23. The van der Waals surface area contributed by atoms with Crippen molar-refractivity contribution in [3.05, 3.63) is 95.5 Å². The van der Waals surface area contributed by atoms with Crippen LogP contribution in [0.2, 0.25) is 5.02 Å².